The van der Waals surface area contributed by atoms with E-state index in [1.807, 2.05) is 6.92 Å². The second kappa shape index (κ2) is 8.58. The third-order valence-electron chi connectivity index (χ3n) is 4.51. The van der Waals surface area contributed by atoms with Crippen molar-refractivity contribution in [3.63, 3.8) is 0 Å². The Labute approximate surface area is 175 Å². The summed E-state index contributed by atoms with van der Waals surface area (Å²) in [5.74, 6) is -0.623. The van der Waals surface area contributed by atoms with Crippen molar-refractivity contribution >= 4 is 33.2 Å². The van der Waals surface area contributed by atoms with Gasteiger partial charge in [-0.15, -0.1) is 6.58 Å². The summed E-state index contributed by atoms with van der Waals surface area (Å²) in [6.45, 7) is 5.50. The maximum atomic E-state index is 12.9. The number of para-hydroxylation sites is 1. The van der Waals surface area contributed by atoms with Crippen molar-refractivity contribution < 1.29 is 22.7 Å². The molecule has 0 radical (unpaired) electrons. The lowest BCUT2D eigenvalue weighted by Gasteiger charge is -2.34. The molecule has 1 aliphatic rings. The van der Waals surface area contributed by atoms with Gasteiger partial charge in [0.2, 0.25) is 10.0 Å². The number of amides is 2. The third-order valence-corrected chi connectivity index (χ3v) is 5.66. The Morgan fingerprint density at radius 2 is 2.00 bits per heavy atom. The molecule has 1 aliphatic heterocycles. The van der Waals surface area contributed by atoms with E-state index in [9.17, 15) is 18.0 Å². The van der Waals surface area contributed by atoms with Crippen LogP contribution in [0, 0.1) is 6.92 Å². The topological polar surface area (TPSA) is 105 Å². The lowest BCUT2D eigenvalue weighted by Crippen LogP contribution is -2.48. The van der Waals surface area contributed by atoms with Crippen LogP contribution in [0.4, 0.5) is 11.4 Å². The number of rotatable bonds is 6. The molecule has 0 saturated carbocycles. The molecule has 0 fully saturated rings. The van der Waals surface area contributed by atoms with Crippen molar-refractivity contribution in [2.24, 2.45) is 0 Å². The molecule has 2 aromatic carbocycles. The van der Waals surface area contributed by atoms with Gasteiger partial charge in [-0.25, -0.2) is 8.42 Å². The first-order valence-corrected chi connectivity index (χ1v) is 11.1. The minimum Gasteiger partial charge on any atom is -0.476 e. The monoisotopic (exact) mass is 429 g/mol. The molecular weight excluding hydrogens is 406 g/mol. The number of nitrogens with one attached hydrogen (secondary N) is 2. The summed E-state index contributed by atoms with van der Waals surface area (Å²) in [6, 6.07) is 11.6. The first kappa shape index (κ1) is 21.4. The third kappa shape index (κ3) is 4.62. The molecule has 158 valence electrons. The van der Waals surface area contributed by atoms with Gasteiger partial charge in [-0.1, -0.05) is 24.3 Å². The zero-order valence-corrected chi connectivity index (χ0v) is 17.5. The Bertz CT molecular complexity index is 1100. The van der Waals surface area contributed by atoms with E-state index >= 15 is 0 Å². The van der Waals surface area contributed by atoms with Crippen molar-refractivity contribution in [3.8, 4) is 5.75 Å². The van der Waals surface area contributed by atoms with Crippen LogP contribution >= 0.6 is 0 Å². The Hall–Kier alpha value is -3.33. The maximum Gasteiger partial charge on any atom is 0.267 e. The SMILES string of the molecule is C=CCNC(=O)c1ccccc1NC(=O)[C@H]1CN(S(C)(=O)=O)c2cc(C)ccc2O1. The van der Waals surface area contributed by atoms with Gasteiger partial charge in [0, 0.05) is 6.54 Å². The van der Waals surface area contributed by atoms with Crippen molar-refractivity contribution in [2.45, 2.75) is 13.0 Å². The Balaban J connectivity index is 1.86. The fourth-order valence-corrected chi connectivity index (χ4v) is 3.98. The van der Waals surface area contributed by atoms with Crippen LogP contribution in [0.25, 0.3) is 0 Å². The maximum absolute atomic E-state index is 12.9. The number of hydrogen-bond donors (Lipinski definition) is 2. The molecule has 0 aliphatic carbocycles. The molecule has 0 spiro atoms. The molecule has 2 amide bonds. The average Bonchev–Trinajstić information content (AvgIpc) is 2.70. The summed E-state index contributed by atoms with van der Waals surface area (Å²) in [5.41, 5.74) is 1.84. The molecule has 0 bridgehead atoms. The minimum absolute atomic E-state index is 0.175. The van der Waals surface area contributed by atoms with Gasteiger partial charge in [0.05, 0.1) is 29.7 Å². The molecule has 2 aromatic rings. The van der Waals surface area contributed by atoms with Gasteiger partial charge in [0.15, 0.2) is 6.10 Å². The fourth-order valence-electron chi connectivity index (χ4n) is 3.08. The van der Waals surface area contributed by atoms with Crippen LogP contribution in [0.2, 0.25) is 0 Å². The highest BCUT2D eigenvalue weighted by molar-refractivity contribution is 7.92. The minimum atomic E-state index is -3.63. The van der Waals surface area contributed by atoms with Crippen LogP contribution < -0.4 is 19.7 Å². The number of aryl methyl sites for hydroxylation is 1. The molecular formula is C21H23N3O5S. The Morgan fingerprint density at radius 3 is 2.70 bits per heavy atom. The summed E-state index contributed by atoms with van der Waals surface area (Å²) in [5, 5.41) is 5.34. The van der Waals surface area contributed by atoms with E-state index < -0.39 is 22.0 Å². The van der Waals surface area contributed by atoms with Crippen LogP contribution in [0.15, 0.2) is 55.1 Å². The first-order chi connectivity index (χ1) is 14.2. The Kier molecular flexibility index (Phi) is 6.12. The summed E-state index contributed by atoms with van der Waals surface area (Å²) < 4.78 is 31.6. The van der Waals surface area contributed by atoms with Crippen molar-refractivity contribution in [3.05, 3.63) is 66.2 Å². The molecule has 1 heterocycles. The van der Waals surface area contributed by atoms with Crippen LogP contribution in [-0.4, -0.2) is 45.7 Å². The second-order valence-corrected chi connectivity index (χ2v) is 8.81. The van der Waals surface area contributed by atoms with Crippen molar-refractivity contribution in [1.82, 2.24) is 5.32 Å². The summed E-state index contributed by atoms with van der Waals surface area (Å²) in [6.07, 6.45) is 1.55. The molecule has 0 aromatic heterocycles. The number of carbonyl (C=O) groups is 2. The van der Waals surface area contributed by atoms with Crippen molar-refractivity contribution in [1.29, 1.82) is 0 Å². The molecule has 9 heteroatoms. The predicted molar refractivity (Wildman–Crippen MR) is 115 cm³/mol. The average molecular weight is 429 g/mol. The number of fused-ring (bicyclic) bond motifs is 1. The van der Waals surface area contributed by atoms with Gasteiger partial charge in [-0.3, -0.25) is 13.9 Å². The lowest BCUT2D eigenvalue weighted by atomic mass is 10.1. The van der Waals surface area contributed by atoms with Crippen LogP contribution in [0.1, 0.15) is 15.9 Å². The van der Waals surface area contributed by atoms with Crippen molar-refractivity contribution in [2.75, 3.05) is 29.0 Å². The number of benzene rings is 2. The molecule has 3 rings (SSSR count). The Morgan fingerprint density at radius 1 is 1.27 bits per heavy atom. The van der Waals surface area contributed by atoms with E-state index in [2.05, 4.69) is 17.2 Å². The molecule has 0 saturated heterocycles. The summed E-state index contributed by atoms with van der Waals surface area (Å²) in [4.78, 5) is 25.2. The molecule has 1 atom stereocenters. The normalized spacial score (nSPS) is 15.5. The van der Waals surface area contributed by atoms with Gasteiger partial charge in [-0.05, 0) is 36.8 Å². The van der Waals surface area contributed by atoms with E-state index in [0.29, 0.717) is 17.1 Å². The molecule has 30 heavy (non-hydrogen) atoms. The highest BCUT2D eigenvalue weighted by Crippen LogP contribution is 2.36. The number of nitrogens with zero attached hydrogens (tertiary/aromatic N) is 1. The highest BCUT2D eigenvalue weighted by Gasteiger charge is 2.35. The van der Waals surface area contributed by atoms with Gasteiger partial charge in [0.1, 0.15) is 5.75 Å². The molecule has 8 nitrogen and oxygen atoms in total. The van der Waals surface area contributed by atoms with E-state index in [1.54, 1.807) is 48.5 Å². The highest BCUT2D eigenvalue weighted by atomic mass is 32.2. The number of ether oxygens (including phenoxy) is 1. The molecule has 0 unspecified atom stereocenters. The van der Waals surface area contributed by atoms with E-state index in [0.717, 1.165) is 16.1 Å². The van der Waals surface area contributed by atoms with E-state index in [-0.39, 0.29) is 24.6 Å². The number of carbonyl (C=O) groups excluding carboxylic acids is 2. The predicted octanol–water partition coefficient (Wildman–Crippen LogP) is 2.08. The zero-order chi connectivity index (χ0) is 21.9. The fraction of sp³-hybridized carbons (Fsp3) is 0.238. The first-order valence-electron chi connectivity index (χ1n) is 9.24. The quantitative estimate of drug-likeness (QED) is 0.684. The van der Waals surface area contributed by atoms with E-state index in [1.165, 1.54) is 0 Å². The smallest absolute Gasteiger partial charge is 0.267 e. The zero-order valence-electron chi connectivity index (χ0n) is 16.7. The summed E-state index contributed by atoms with van der Waals surface area (Å²) in [7, 11) is -3.63. The number of sulfonamides is 1. The summed E-state index contributed by atoms with van der Waals surface area (Å²) >= 11 is 0. The number of anilines is 2. The molecule has 2 N–H and O–H groups in total. The van der Waals surface area contributed by atoms with Gasteiger partial charge in [-0.2, -0.15) is 0 Å². The van der Waals surface area contributed by atoms with Gasteiger partial charge >= 0.3 is 0 Å². The van der Waals surface area contributed by atoms with Gasteiger partial charge in [0.25, 0.3) is 11.8 Å². The van der Waals surface area contributed by atoms with Crippen LogP contribution in [0.5, 0.6) is 5.75 Å². The van der Waals surface area contributed by atoms with Gasteiger partial charge < -0.3 is 15.4 Å². The standard InChI is InChI=1S/C21H23N3O5S/c1-4-11-22-20(25)15-7-5-6-8-16(15)23-21(26)19-13-24(30(3,27)28)17-12-14(2)9-10-18(17)29-19/h4-10,12,19H,1,11,13H2,2-3H3,(H,22,25)(H,23,26)/t19-/m1/s1. The lowest BCUT2D eigenvalue weighted by molar-refractivity contribution is -0.122. The van der Waals surface area contributed by atoms with Crippen LogP contribution in [0.3, 0.4) is 0 Å². The van der Waals surface area contributed by atoms with Crippen LogP contribution in [-0.2, 0) is 14.8 Å². The second-order valence-electron chi connectivity index (χ2n) is 6.91. The largest absolute Gasteiger partial charge is 0.476 e. The number of hydrogen-bond acceptors (Lipinski definition) is 5. The van der Waals surface area contributed by atoms with E-state index in [4.69, 9.17) is 4.74 Å².